The molecule has 1 atom stereocenters. The average molecular weight is 235 g/mol. The first kappa shape index (κ1) is 11.2. The quantitative estimate of drug-likeness (QED) is 0.817. The van der Waals surface area contributed by atoms with E-state index in [9.17, 15) is 0 Å². The fraction of sp³-hybridized carbons (Fsp3) is 0.308. The number of hydrogen-bond acceptors (Lipinski definition) is 2. The van der Waals surface area contributed by atoms with Crippen LogP contribution in [0.25, 0.3) is 10.9 Å². The van der Waals surface area contributed by atoms with Gasteiger partial charge in [0.15, 0.2) is 0 Å². The van der Waals surface area contributed by atoms with Crippen molar-refractivity contribution in [2.24, 2.45) is 0 Å². The van der Waals surface area contributed by atoms with E-state index in [2.05, 4.69) is 22.4 Å². The van der Waals surface area contributed by atoms with E-state index in [1.165, 1.54) is 5.39 Å². The molecule has 1 aromatic carbocycles. The summed E-state index contributed by atoms with van der Waals surface area (Å²) < 4.78 is 0. The van der Waals surface area contributed by atoms with E-state index in [1.54, 1.807) is 0 Å². The van der Waals surface area contributed by atoms with Crippen molar-refractivity contribution in [3.8, 4) is 0 Å². The van der Waals surface area contributed by atoms with Crippen molar-refractivity contribution in [2.45, 2.75) is 18.7 Å². The van der Waals surface area contributed by atoms with Crippen LogP contribution in [0.3, 0.4) is 0 Å². The Morgan fingerprint density at radius 1 is 1.25 bits per heavy atom. The minimum absolute atomic E-state index is 0.202. The molecule has 0 saturated heterocycles. The van der Waals surface area contributed by atoms with Gasteiger partial charge in [-0.3, -0.25) is 0 Å². The van der Waals surface area contributed by atoms with Gasteiger partial charge in [0.05, 0.1) is 5.52 Å². The van der Waals surface area contributed by atoms with E-state index in [4.69, 9.17) is 11.6 Å². The predicted octanol–water partition coefficient (Wildman–Crippen LogP) is 3.66. The largest absolute Gasteiger partial charge is 0.370 e. The van der Waals surface area contributed by atoms with E-state index in [-0.39, 0.29) is 5.38 Å². The van der Waals surface area contributed by atoms with Crippen LogP contribution < -0.4 is 5.32 Å². The zero-order valence-corrected chi connectivity index (χ0v) is 10.0. The van der Waals surface area contributed by atoms with Gasteiger partial charge in [0.1, 0.15) is 5.82 Å². The van der Waals surface area contributed by atoms with Gasteiger partial charge in [-0.05, 0) is 31.5 Å². The molecule has 1 N–H and O–H groups in total. The number of halogens is 1. The van der Waals surface area contributed by atoms with Crippen molar-refractivity contribution >= 4 is 28.3 Å². The van der Waals surface area contributed by atoms with Gasteiger partial charge in [-0.2, -0.15) is 0 Å². The second kappa shape index (κ2) is 5.17. The zero-order chi connectivity index (χ0) is 11.4. The van der Waals surface area contributed by atoms with E-state index in [0.717, 1.165) is 24.3 Å². The highest BCUT2D eigenvalue weighted by molar-refractivity contribution is 6.20. The fourth-order valence-corrected chi connectivity index (χ4v) is 1.67. The number of alkyl halides is 1. The van der Waals surface area contributed by atoms with Crippen LogP contribution in [0, 0.1) is 0 Å². The number of anilines is 1. The summed E-state index contributed by atoms with van der Waals surface area (Å²) in [6.07, 6.45) is 0.941. The lowest BCUT2D eigenvalue weighted by Gasteiger charge is -2.07. The van der Waals surface area contributed by atoms with Gasteiger partial charge in [-0.15, -0.1) is 11.6 Å². The molecule has 0 aliphatic carbocycles. The van der Waals surface area contributed by atoms with Gasteiger partial charge in [0.2, 0.25) is 0 Å². The number of aromatic nitrogens is 1. The maximum absolute atomic E-state index is 5.88. The van der Waals surface area contributed by atoms with Gasteiger partial charge in [-0.25, -0.2) is 4.98 Å². The molecule has 2 aromatic rings. The summed E-state index contributed by atoms with van der Waals surface area (Å²) in [5, 5.41) is 4.64. The number of pyridine rings is 1. The molecular formula is C13H15ClN2. The van der Waals surface area contributed by atoms with Crippen molar-refractivity contribution in [3.05, 3.63) is 36.4 Å². The summed E-state index contributed by atoms with van der Waals surface area (Å²) in [6.45, 7) is 2.85. The third-order valence-electron chi connectivity index (χ3n) is 2.45. The lowest BCUT2D eigenvalue weighted by Crippen LogP contribution is -2.07. The van der Waals surface area contributed by atoms with Crippen LogP contribution in [-0.4, -0.2) is 16.9 Å². The summed E-state index contributed by atoms with van der Waals surface area (Å²) in [5.74, 6) is 0.913. The van der Waals surface area contributed by atoms with Crippen molar-refractivity contribution in [1.82, 2.24) is 4.98 Å². The molecule has 84 valence electrons. The number of fused-ring (bicyclic) bond motifs is 1. The third kappa shape index (κ3) is 2.86. The highest BCUT2D eigenvalue weighted by Crippen LogP contribution is 2.14. The number of para-hydroxylation sites is 1. The summed E-state index contributed by atoms with van der Waals surface area (Å²) in [4.78, 5) is 4.52. The molecule has 2 nitrogen and oxygen atoms in total. The Balaban J connectivity index is 2.08. The van der Waals surface area contributed by atoms with E-state index in [1.807, 2.05) is 31.2 Å². The van der Waals surface area contributed by atoms with Gasteiger partial charge >= 0.3 is 0 Å². The average Bonchev–Trinajstić information content (AvgIpc) is 2.28. The monoisotopic (exact) mass is 234 g/mol. The molecule has 0 saturated carbocycles. The molecule has 16 heavy (non-hydrogen) atoms. The summed E-state index contributed by atoms with van der Waals surface area (Å²) in [5.41, 5.74) is 1.02. The van der Waals surface area contributed by atoms with Gasteiger partial charge in [-0.1, -0.05) is 18.2 Å². The molecule has 1 heterocycles. The number of hydrogen-bond donors (Lipinski definition) is 1. The van der Waals surface area contributed by atoms with Gasteiger partial charge < -0.3 is 5.32 Å². The van der Waals surface area contributed by atoms with Crippen molar-refractivity contribution in [2.75, 3.05) is 11.9 Å². The Morgan fingerprint density at radius 2 is 2.06 bits per heavy atom. The van der Waals surface area contributed by atoms with E-state index >= 15 is 0 Å². The maximum Gasteiger partial charge on any atom is 0.126 e. The van der Waals surface area contributed by atoms with Crippen LogP contribution in [0.4, 0.5) is 5.82 Å². The first-order valence-electron chi connectivity index (χ1n) is 5.49. The topological polar surface area (TPSA) is 24.9 Å². The van der Waals surface area contributed by atoms with Crippen molar-refractivity contribution < 1.29 is 0 Å². The third-order valence-corrected chi connectivity index (χ3v) is 2.66. The standard InChI is InChI=1S/C13H15ClN2/c1-10(14)8-9-15-13-7-6-11-4-2-3-5-12(11)16-13/h2-7,10H,8-9H2,1H3,(H,15,16). The summed E-state index contributed by atoms with van der Waals surface area (Å²) in [7, 11) is 0. The maximum atomic E-state index is 5.88. The molecule has 0 radical (unpaired) electrons. The van der Waals surface area contributed by atoms with Gasteiger partial charge in [0, 0.05) is 17.3 Å². The fourth-order valence-electron chi connectivity index (χ4n) is 1.56. The lowest BCUT2D eigenvalue weighted by molar-refractivity contribution is 0.840. The molecule has 0 fully saturated rings. The number of nitrogens with zero attached hydrogens (tertiary/aromatic N) is 1. The molecule has 0 amide bonds. The zero-order valence-electron chi connectivity index (χ0n) is 9.28. The van der Waals surface area contributed by atoms with Crippen LogP contribution in [0.2, 0.25) is 0 Å². The molecule has 1 aromatic heterocycles. The van der Waals surface area contributed by atoms with Crippen LogP contribution >= 0.6 is 11.6 Å². The van der Waals surface area contributed by atoms with Crippen LogP contribution in [0.5, 0.6) is 0 Å². The molecule has 0 spiro atoms. The van der Waals surface area contributed by atoms with Crippen molar-refractivity contribution in [3.63, 3.8) is 0 Å². The van der Waals surface area contributed by atoms with Gasteiger partial charge in [0.25, 0.3) is 0 Å². The summed E-state index contributed by atoms with van der Waals surface area (Å²) >= 11 is 5.88. The Hall–Kier alpha value is -1.28. The van der Waals surface area contributed by atoms with E-state index in [0.29, 0.717) is 0 Å². The second-order valence-corrected chi connectivity index (χ2v) is 4.63. The number of benzene rings is 1. The van der Waals surface area contributed by atoms with E-state index < -0.39 is 0 Å². The molecule has 0 bridgehead atoms. The Morgan fingerprint density at radius 3 is 2.88 bits per heavy atom. The molecule has 1 unspecified atom stereocenters. The highest BCUT2D eigenvalue weighted by Gasteiger charge is 1.98. The van der Waals surface area contributed by atoms with Crippen molar-refractivity contribution in [1.29, 1.82) is 0 Å². The normalized spacial score (nSPS) is 12.6. The first-order valence-corrected chi connectivity index (χ1v) is 5.93. The van der Waals surface area contributed by atoms with Crippen LogP contribution in [0.15, 0.2) is 36.4 Å². The molecule has 2 rings (SSSR count). The molecular weight excluding hydrogens is 220 g/mol. The predicted molar refractivity (Wildman–Crippen MR) is 70.2 cm³/mol. The second-order valence-electron chi connectivity index (χ2n) is 3.89. The minimum Gasteiger partial charge on any atom is -0.370 e. The smallest absolute Gasteiger partial charge is 0.126 e. The molecule has 0 aliphatic heterocycles. The Labute approximate surface area is 101 Å². The lowest BCUT2D eigenvalue weighted by atomic mass is 10.2. The highest BCUT2D eigenvalue weighted by atomic mass is 35.5. The number of rotatable bonds is 4. The first-order chi connectivity index (χ1) is 7.75. The molecule has 3 heteroatoms. The Kier molecular flexibility index (Phi) is 3.62. The number of nitrogens with one attached hydrogen (secondary N) is 1. The minimum atomic E-state index is 0.202. The summed E-state index contributed by atoms with van der Waals surface area (Å²) in [6, 6.07) is 12.2. The molecule has 0 aliphatic rings. The van der Waals surface area contributed by atoms with Crippen LogP contribution in [-0.2, 0) is 0 Å². The SMILES string of the molecule is CC(Cl)CCNc1ccc2ccccc2n1. The Bertz CT molecular complexity index is 468. The van der Waals surface area contributed by atoms with Crippen LogP contribution in [0.1, 0.15) is 13.3 Å².